The Kier molecular flexibility index (Phi) is 10.0. The first-order chi connectivity index (χ1) is 12.1. The minimum Gasteiger partial charge on any atom is -0.354 e. The van der Waals surface area contributed by atoms with Gasteiger partial charge in [-0.3, -0.25) is 4.79 Å². The largest absolute Gasteiger partial charge is 0.354 e. The third kappa shape index (κ3) is 7.61. The van der Waals surface area contributed by atoms with E-state index in [1.807, 2.05) is 49.3 Å². The van der Waals surface area contributed by atoms with E-state index in [0.29, 0.717) is 30.2 Å². The summed E-state index contributed by atoms with van der Waals surface area (Å²) in [5.74, 6) is 0.663. The van der Waals surface area contributed by atoms with Gasteiger partial charge in [0.1, 0.15) is 0 Å². The molecule has 2 aromatic rings. The van der Waals surface area contributed by atoms with Gasteiger partial charge >= 0.3 is 0 Å². The topological polar surface area (TPSA) is 56.7 Å². The van der Waals surface area contributed by atoms with E-state index in [9.17, 15) is 4.79 Å². The van der Waals surface area contributed by atoms with Crippen molar-refractivity contribution < 1.29 is 4.79 Å². The second kappa shape index (κ2) is 11.7. The summed E-state index contributed by atoms with van der Waals surface area (Å²) in [5, 5.41) is 6.73. The van der Waals surface area contributed by atoms with E-state index in [2.05, 4.69) is 15.6 Å². The number of benzene rings is 2. The smallest absolute Gasteiger partial charge is 0.251 e. The molecule has 0 fully saturated rings. The summed E-state index contributed by atoms with van der Waals surface area (Å²) in [6.45, 7) is 1.70. The normalized spacial score (nSPS) is 10.7. The zero-order valence-electron chi connectivity index (χ0n) is 14.9. The van der Waals surface area contributed by atoms with Crippen molar-refractivity contribution in [2.75, 3.05) is 27.2 Å². The minimum atomic E-state index is -0.119. The Labute approximate surface area is 176 Å². The maximum absolute atomic E-state index is 12.0. The van der Waals surface area contributed by atoms with Crippen LogP contribution in [0.2, 0.25) is 5.02 Å². The van der Waals surface area contributed by atoms with Gasteiger partial charge in [0.15, 0.2) is 5.96 Å². The molecule has 0 bridgehead atoms. The maximum Gasteiger partial charge on any atom is 0.251 e. The summed E-state index contributed by atoms with van der Waals surface area (Å²) >= 11 is 5.82. The van der Waals surface area contributed by atoms with Gasteiger partial charge in [0, 0.05) is 37.8 Å². The summed E-state index contributed by atoms with van der Waals surface area (Å²) in [6.07, 6.45) is 0. The van der Waals surface area contributed by atoms with Crippen LogP contribution >= 0.6 is 35.6 Å². The number of halogens is 2. The lowest BCUT2D eigenvalue weighted by atomic mass is 10.2. The molecule has 0 saturated carbocycles. The van der Waals surface area contributed by atoms with Crippen molar-refractivity contribution in [3.63, 3.8) is 0 Å². The summed E-state index contributed by atoms with van der Waals surface area (Å²) in [7, 11) is 3.87. The van der Waals surface area contributed by atoms with Crippen LogP contribution in [-0.2, 0) is 6.54 Å². The predicted molar refractivity (Wildman–Crippen MR) is 118 cm³/mol. The van der Waals surface area contributed by atoms with E-state index in [-0.39, 0.29) is 29.9 Å². The van der Waals surface area contributed by atoms with Crippen molar-refractivity contribution >= 4 is 47.4 Å². The highest BCUT2D eigenvalue weighted by Gasteiger charge is 2.05. The standard InChI is InChI=1S/C19H23ClN4O.HI/c1-24(2)19(23-14-15-6-4-3-5-7-15)22-13-12-21-18(25)16-8-10-17(20)11-9-16;/h3-11H,12-14H2,1-2H3,(H,21,25)(H,22,23);1H. The number of carbonyl (C=O) groups excluding carboxylic acids is 1. The summed E-state index contributed by atoms with van der Waals surface area (Å²) < 4.78 is 0. The molecule has 1 amide bonds. The molecule has 0 saturated heterocycles. The molecule has 2 aromatic carbocycles. The molecule has 0 aliphatic heterocycles. The number of nitrogens with zero attached hydrogens (tertiary/aromatic N) is 2. The molecule has 2 rings (SSSR count). The Bertz CT molecular complexity index is 705. The molecule has 0 atom stereocenters. The highest BCUT2D eigenvalue weighted by Crippen LogP contribution is 2.09. The fourth-order valence-electron chi connectivity index (χ4n) is 2.16. The molecule has 0 aromatic heterocycles. The molecule has 0 spiro atoms. The fourth-order valence-corrected chi connectivity index (χ4v) is 2.28. The predicted octanol–water partition coefficient (Wildman–Crippen LogP) is 3.40. The highest BCUT2D eigenvalue weighted by atomic mass is 127. The van der Waals surface area contributed by atoms with E-state index >= 15 is 0 Å². The summed E-state index contributed by atoms with van der Waals surface area (Å²) in [6, 6.07) is 16.9. The minimum absolute atomic E-state index is 0. The van der Waals surface area contributed by atoms with Gasteiger partial charge in [-0.15, -0.1) is 24.0 Å². The van der Waals surface area contributed by atoms with Gasteiger partial charge in [0.2, 0.25) is 0 Å². The third-order valence-corrected chi connectivity index (χ3v) is 3.73. The Morgan fingerprint density at radius 1 is 1.00 bits per heavy atom. The molecule has 26 heavy (non-hydrogen) atoms. The Hall–Kier alpha value is -1.80. The SMILES string of the molecule is CN(C)C(=NCc1ccccc1)NCCNC(=O)c1ccc(Cl)cc1.I. The number of carbonyl (C=O) groups is 1. The maximum atomic E-state index is 12.0. The van der Waals surface area contributed by atoms with Crippen molar-refractivity contribution in [2.45, 2.75) is 6.54 Å². The van der Waals surface area contributed by atoms with Gasteiger partial charge in [0.25, 0.3) is 5.91 Å². The second-order valence-electron chi connectivity index (χ2n) is 5.71. The summed E-state index contributed by atoms with van der Waals surface area (Å²) in [4.78, 5) is 18.5. The van der Waals surface area contributed by atoms with Crippen molar-refractivity contribution in [3.8, 4) is 0 Å². The van der Waals surface area contributed by atoms with Gasteiger partial charge in [-0.1, -0.05) is 41.9 Å². The van der Waals surface area contributed by atoms with Gasteiger partial charge in [0.05, 0.1) is 6.54 Å². The van der Waals surface area contributed by atoms with Gasteiger partial charge in [-0.2, -0.15) is 0 Å². The second-order valence-corrected chi connectivity index (χ2v) is 6.15. The van der Waals surface area contributed by atoms with E-state index in [4.69, 9.17) is 11.6 Å². The van der Waals surface area contributed by atoms with Crippen LogP contribution in [0.25, 0.3) is 0 Å². The first kappa shape index (κ1) is 22.2. The average Bonchev–Trinajstić information content (AvgIpc) is 2.62. The molecule has 0 unspecified atom stereocenters. The number of hydrogen-bond donors (Lipinski definition) is 2. The molecule has 5 nitrogen and oxygen atoms in total. The van der Waals surface area contributed by atoms with Crippen molar-refractivity contribution in [1.82, 2.24) is 15.5 Å². The lowest BCUT2D eigenvalue weighted by Crippen LogP contribution is -2.41. The lowest BCUT2D eigenvalue weighted by Gasteiger charge is -2.18. The molecular weight excluding hydrogens is 463 g/mol. The monoisotopic (exact) mass is 486 g/mol. The number of hydrogen-bond acceptors (Lipinski definition) is 2. The Morgan fingerprint density at radius 3 is 2.23 bits per heavy atom. The van der Waals surface area contributed by atoms with E-state index in [1.54, 1.807) is 24.3 Å². The van der Waals surface area contributed by atoms with Gasteiger partial charge in [-0.25, -0.2) is 4.99 Å². The number of rotatable bonds is 6. The van der Waals surface area contributed by atoms with Crippen LogP contribution in [0.5, 0.6) is 0 Å². The highest BCUT2D eigenvalue weighted by molar-refractivity contribution is 14.0. The van der Waals surface area contributed by atoms with Crippen molar-refractivity contribution in [3.05, 3.63) is 70.7 Å². The van der Waals surface area contributed by atoms with Crippen molar-refractivity contribution in [1.29, 1.82) is 0 Å². The van der Waals surface area contributed by atoms with Crippen LogP contribution in [0.3, 0.4) is 0 Å². The van der Waals surface area contributed by atoms with Crippen LogP contribution in [0.4, 0.5) is 0 Å². The fraction of sp³-hybridized carbons (Fsp3) is 0.263. The number of amides is 1. The zero-order chi connectivity index (χ0) is 18.1. The Morgan fingerprint density at radius 2 is 1.62 bits per heavy atom. The third-order valence-electron chi connectivity index (χ3n) is 3.48. The first-order valence-corrected chi connectivity index (χ1v) is 8.47. The van der Waals surface area contributed by atoms with Crippen LogP contribution in [0, 0.1) is 0 Å². The zero-order valence-corrected chi connectivity index (χ0v) is 18.0. The molecule has 0 aliphatic carbocycles. The molecule has 7 heteroatoms. The quantitative estimate of drug-likeness (QED) is 0.285. The number of guanidine groups is 1. The summed E-state index contributed by atoms with van der Waals surface area (Å²) in [5.41, 5.74) is 1.75. The average molecular weight is 487 g/mol. The van der Waals surface area contributed by atoms with Crippen LogP contribution < -0.4 is 10.6 Å². The number of nitrogens with one attached hydrogen (secondary N) is 2. The van der Waals surface area contributed by atoms with Crippen LogP contribution in [0.1, 0.15) is 15.9 Å². The van der Waals surface area contributed by atoms with Crippen LogP contribution in [-0.4, -0.2) is 44.0 Å². The molecule has 0 aliphatic rings. The number of aliphatic imine (C=N–C) groups is 1. The molecule has 0 heterocycles. The molecule has 2 N–H and O–H groups in total. The molecular formula is C19H24ClIN4O. The van der Waals surface area contributed by atoms with E-state index < -0.39 is 0 Å². The van der Waals surface area contributed by atoms with E-state index in [0.717, 1.165) is 11.5 Å². The lowest BCUT2D eigenvalue weighted by molar-refractivity contribution is 0.0954. The van der Waals surface area contributed by atoms with E-state index in [1.165, 1.54) is 0 Å². The molecule has 0 radical (unpaired) electrons. The first-order valence-electron chi connectivity index (χ1n) is 8.09. The van der Waals surface area contributed by atoms with Gasteiger partial charge in [-0.05, 0) is 29.8 Å². The van der Waals surface area contributed by atoms with Gasteiger partial charge < -0.3 is 15.5 Å². The van der Waals surface area contributed by atoms with Crippen molar-refractivity contribution in [2.24, 2.45) is 4.99 Å². The van der Waals surface area contributed by atoms with Crippen LogP contribution in [0.15, 0.2) is 59.6 Å². The Balaban J connectivity index is 0.00000338. The molecule has 140 valence electrons.